The largest absolute Gasteiger partial charge is 0.341 e. The number of piperidine rings is 1. The Hall–Kier alpha value is -1.16. The number of hydrogen-bond acceptors (Lipinski definition) is 4. The van der Waals surface area contributed by atoms with E-state index in [1.807, 2.05) is 18.5 Å². The summed E-state index contributed by atoms with van der Waals surface area (Å²) in [7, 11) is 0. The van der Waals surface area contributed by atoms with E-state index in [1.165, 1.54) is 19.3 Å². The molecule has 1 aliphatic rings. The Morgan fingerprint density at radius 3 is 2.65 bits per heavy atom. The molecule has 4 nitrogen and oxygen atoms in total. The minimum atomic E-state index is 0.821. The van der Waals surface area contributed by atoms with Gasteiger partial charge < -0.3 is 10.2 Å². The van der Waals surface area contributed by atoms with Crippen LogP contribution in [0.5, 0.6) is 0 Å². The second-order valence-electron chi connectivity index (χ2n) is 4.68. The maximum atomic E-state index is 4.30. The summed E-state index contributed by atoms with van der Waals surface area (Å²) < 4.78 is 0. The number of rotatable bonds is 5. The Balaban J connectivity index is 1.74. The predicted molar refractivity (Wildman–Crippen MR) is 70.1 cm³/mol. The van der Waals surface area contributed by atoms with Crippen LogP contribution in [0.15, 0.2) is 18.5 Å². The van der Waals surface area contributed by atoms with Crippen molar-refractivity contribution in [2.75, 3.05) is 31.1 Å². The lowest BCUT2D eigenvalue weighted by Crippen LogP contribution is -2.38. The predicted octanol–water partition coefficient (Wildman–Crippen LogP) is 1.69. The van der Waals surface area contributed by atoms with E-state index in [1.54, 1.807) is 0 Å². The molecule has 94 valence electrons. The summed E-state index contributed by atoms with van der Waals surface area (Å²) in [4.78, 5) is 10.9. The highest BCUT2D eigenvalue weighted by Gasteiger charge is 2.20. The Kier molecular flexibility index (Phi) is 4.74. The third-order valence-electron chi connectivity index (χ3n) is 3.31. The van der Waals surface area contributed by atoms with E-state index in [9.17, 15) is 0 Å². The summed E-state index contributed by atoms with van der Waals surface area (Å²) in [6.45, 7) is 6.69. The van der Waals surface area contributed by atoms with Gasteiger partial charge in [0, 0.05) is 25.5 Å². The van der Waals surface area contributed by atoms with Crippen LogP contribution in [0.2, 0.25) is 0 Å². The maximum Gasteiger partial charge on any atom is 0.225 e. The molecule has 1 aromatic heterocycles. The third-order valence-corrected chi connectivity index (χ3v) is 3.31. The van der Waals surface area contributed by atoms with Crippen LogP contribution in [-0.4, -0.2) is 36.1 Å². The van der Waals surface area contributed by atoms with Gasteiger partial charge >= 0.3 is 0 Å². The van der Waals surface area contributed by atoms with Gasteiger partial charge in [-0.1, -0.05) is 6.92 Å². The van der Waals surface area contributed by atoms with Crippen LogP contribution in [0.3, 0.4) is 0 Å². The van der Waals surface area contributed by atoms with Crippen LogP contribution in [0.1, 0.15) is 26.2 Å². The standard InChI is InChI=1S/C13H22N4/c1-2-6-14-11-12-4-9-17(10-5-12)13-15-7-3-8-16-13/h3,7-8,12,14H,2,4-6,9-11H2,1H3. The van der Waals surface area contributed by atoms with Crippen molar-refractivity contribution in [2.24, 2.45) is 5.92 Å². The van der Waals surface area contributed by atoms with Gasteiger partial charge in [0.2, 0.25) is 5.95 Å². The smallest absolute Gasteiger partial charge is 0.225 e. The quantitative estimate of drug-likeness (QED) is 0.787. The molecule has 0 saturated carbocycles. The van der Waals surface area contributed by atoms with Gasteiger partial charge in [-0.2, -0.15) is 0 Å². The second-order valence-corrected chi connectivity index (χ2v) is 4.68. The first-order valence-corrected chi connectivity index (χ1v) is 6.63. The molecule has 1 fully saturated rings. The molecule has 0 amide bonds. The van der Waals surface area contributed by atoms with Gasteiger partial charge in [-0.05, 0) is 44.3 Å². The molecule has 0 aliphatic carbocycles. The molecule has 1 N–H and O–H groups in total. The van der Waals surface area contributed by atoms with E-state index in [2.05, 4.69) is 27.1 Å². The van der Waals surface area contributed by atoms with Crippen LogP contribution in [0.25, 0.3) is 0 Å². The lowest BCUT2D eigenvalue weighted by atomic mass is 9.97. The van der Waals surface area contributed by atoms with Gasteiger partial charge in [0.1, 0.15) is 0 Å². The minimum Gasteiger partial charge on any atom is -0.341 e. The molecule has 2 heterocycles. The average molecular weight is 234 g/mol. The number of nitrogens with zero attached hydrogens (tertiary/aromatic N) is 3. The Bertz CT molecular complexity index is 306. The molecule has 17 heavy (non-hydrogen) atoms. The van der Waals surface area contributed by atoms with Crippen LogP contribution >= 0.6 is 0 Å². The number of aromatic nitrogens is 2. The molecule has 0 unspecified atom stereocenters. The zero-order valence-electron chi connectivity index (χ0n) is 10.6. The fourth-order valence-electron chi connectivity index (χ4n) is 2.27. The van der Waals surface area contributed by atoms with Crippen molar-refractivity contribution in [2.45, 2.75) is 26.2 Å². The van der Waals surface area contributed by atoms with Crippen molar-refractivity contribution in [1.82, 2.24) is 15.3 Å². The molecule has 1 aromatic rings. The van der Waals surface area contributed by atoms with Crippen molar-refractivity contribution < 1.29 is 0 Å². The lowest BCUT2D eigenvalue weighted by Gasteiger charge is -2.32. The molecule has 0 aromatic carbocycles. The highest BCUT2D eigenvalue weighted by Crippen LogP contribution is 2.19. The zero-order valence-corrected chi connectivity index (χ0v) is 10.6. The van der Waals surface area contributed by atoms with Crippen LogP contribution in [-0.2, 0) is 0 Å². The zero-order chi connectivity index (χ0) is 11.9. The summed E-state index contributed by atoms with van der Waals surface area (Å²) in [5, 5.41) is 3.51. The number of anilines is 1. The van der Waals surface area contributed by atoms with Crippen molar-refractivity contribution in [3.8, 4) is 0 Å². The van der Waals surface area contributed by atoms with Gasteiger partial charge in [-0.15, -0.1) is 0 Å². The average Bonchev–Trinajstić information content (AvgIpc) is 2.41. The van der Waals surface area contributed by atoms with E-state index in [0.717, 1.165) is 38.0 Å². The molecule has 1 aliphatic heterocycles. The first-order chi connectivity index (χ1) is 8.40. The van der Waals surface area contributed by atoms with Gasteiger partial charge in [0.25, 0.3) is 0 Å². The van der Waals surface area contributed by atoms with Crippen LogP contribution in [0, 0.1) is 5.92 Å². The molecule has 2 rings (SSSR count). The number of nitrogens with one attached hydrogen (secondary N) is 1. The van der Waals surface area contributed by atoms with Gasteiger partial charge in [-0.25, -0.2) is 9.97 Å². The highest BCUT2D eigenvalue weighted by atomic mass is 15.2. The summed E-state index contributed by atoms with van der Waals surface area (Å²) in [5.74, 6) is 1.70. The monoisotopic (exact) mass is 234 g/mol. The first kappa shape index (κ1) is 12.3. The van der Waals surface area contributed by atoms with E-state index >= 15 is 0 Å². The Morgan fingerprint density at radius 2 is 2.00 bits per heavy atom. The van der Waals surface area contributed by atoms with Crippen LogP contribution in [0.4, 0.5) is 5.95 Å². The number of hydrogen-bond donors (Lipinski definition) is 1. The summed E-state index contributed by atoms with van der Waals surface area (Å²) in [6.07, 6.45) is 7.34. The van der Waals surface area contributed by atoms with E-state index in [0.29, 0.717) is 0 Å². The Morgan fingerprint density at radius 1 is 1.29 bits per heavy atom. The minimum absolute atomic E-state index is 0.821. The fourth-order valence-corrected chi connectivity index (χ4v) is 2.27. The fraction of sp³-hybridized carbons (Fsp3) is 0.692. The summed E-state index contributed by atoms with van der Waals surface area (Å²) in [6, 6.07) is 1.87. The maximum absolute atomic E-state index is 4.30. The molecule has 0 radical (unpaired) electrons. The highest BCUT2D eigenvalue weighted by molar-refractivity contribution is 5.28. The van der Waals surface area contributed by atoms with Crippen LogP contribution < -0.4 is 10.2 Å². The molecular weight excluding hydrogens is 212 g/mol. The molecule has 0 atom stereocenters. The summed E-state index contributed by atoms with van der Waals surface area (Å²) in [5.41, 5.74) is 0. The lowest BCUT2D eigenvalue weighted by molar-refractivity contribution is 0.381. The first-order valence-electron chi connectivity index (χ1n) is 6.63. The molecular formula is C13H22N4. The van der Waals surface area contributed by atoms with E-state index in [-0.39, 0.29) is 0 Å². The van der Waals surface area contributed by atoms with Crippen molar-refractivity contribution in [3.05, 3.63) is 18.5 Å². The second kappa shape index (κ2) is 6.55. The Labute approximate surface area is 103 Å². The topological polar surface area (TPSA) is 41.0 Å². The van der Waals surface area contributed by atoms with Gasteiger partial charge in [-0.3, -0.25) is 0 Å². The molecule has 1 saturated heterocycles. The van der Waals surface area contributed by atoms with Gasteiger partial charge in [0.05, 0.1) is 0 Å². The van der Waals surface area contributed by atoms with Crippen molar-refractivity contribution in [3.63, 3.8) is 0 Å². The normalized spacial score (nSPS) is 17.4. The molecule has 4 heteroatoms. The van der Waals surface area contributed by atoms with E-state index < -0.39 is 0 Å². The summed E-state index contributed by atoms with van der Waals surface area (Å²) >= 11 is 0. The van der Waals surface area contributed by atoms with Crippen molar-refractivity contribution in [1.29, 1.82) is 0 Å². The molecule has 0 spiro atoms. The van der Waals surface area contributed by atoms with E-state index in [4.69, 9.17) is 0 Å². The van der Waals surface area contributed by atoms with Gasteiger partial charge in [0.15, 0.2) is 0 Å². The third kappa shape index (κ3) is 3.66. The SMILES string of the molecule is CCCNCC1CCN(c2ncccn2)CC1. The van der Waals surface area contributed by atoms with Crippen molar-refractivity contribution >= 4 is 5.95 Å². The molecule has 0 bridgehead atoms.